The van der Waals surface area contributed by atoms with Gasteiger partial charge in [0.25, 0.3) is 5.69 Å². The molecule has 4 rings (SSSR count). The van der Waals surface area contributed by atoms with Crippen LogP contribution in [-0.2, 0) is 4.79 Å². The molecular formula is C26H25ClN4O3. The molecule has 0 aromatic heterocycles. The third kappa shape index (κ3) is 3.84. The van der Waals surface area contributed by atoms with Crippen molar-refractivity contribution in [3.05, 3.63) is 90.9 Å². The maximum Gasteiger partial charge on any atom is 0.271 e. The molecule has 2 N–H and O–H groups in total. The monoisotopic (exact) mass is 476 g/mol. The molecule has 1 unspecified atom stereocenters. The van der Waals surface area contributed by atoms with Crippen molar-refractivity contribution in [2.75, 3.05) is 4.90 Å². The number of nitro benzene ring substituents is 1. The fourth-order valence-electron chi connectivity index (χ4n) is 5.03. The second-order valence-electron chi connectivity index (χ2n) is 9.73. The summed E-state index contributed by atoms with van der Waals surface area (Å²) in [4.78, 5) is 26.1. The molecule has 174 valence electrons. The zero-order chi connectivity index (χ0) is 24.9. The van der Waals surface area contributed by atoms with Crippen LogP contribution < -0.4 is 10.6 Å². The Hall–Kier alpha value is -3.63. The highest BCUT2D eigenvalue weighted by Crippen LogP contribution is 2.51. The highest BCUT2D eigenvalue weighted by Gasteiger charge is 2.45. The average molecular weight is 477 g/mol. The van der Waals surface area contributed by atoms with E-state index in [1.54, 1.807) is 4.90 Å². The topological polar surface area (TPSA) is 113 Å². The van der Waals surface area contributed by atoms with Gasteiger partial charge in [0, 0.05) is 29.8 Å². The Kier molecular flexibility index (Phi) is 5.74. The SMILES string of the molecule is Cc1ccc(C2C(C#N)=C(N)N(c3cc([N+](=O)[O-])ccc3Cl)C3=C2C(=O)CC(C)(C)C3)c(C)c1. The lowest BCUT2D eigenvalue weighted by Gasteiger charge is -2.44. The van der Waals surface area contributed by atoms with Gasteiger partial charge in [0.05, 0.1) is 33.2 Å². The van der Waals surface area contributed by atoms with Crippen LogP contribution in [0.1, 0.15) is 49.3 Å². The second-order valence-corrected chi connectivity index (χ2v) is 10.1. The van der Waals surface area contributed by atoms with E-state index in [1.165, 1.54) is 18.2 Å². The van der Waals surface area contributed by atoms with Gasteiger partial charge in [0.2, 0.25) is 0 Å². The molecule has 1 aliphatic carbocycles. The molecule has 2 aromatic rings. The summed E-state index contributed by atoms with van der Waals surface area (Å²) in [7, 11) is 0. The van der Waals surface area contributed by atoms with E-state index in [4.69, 9.17) is 17.3 Å². The maximum absolute atomic E-state index is 13.6. The molecule has 0 fully saturated rings. The first kappa shape index (κ1) is 23.5. The summed E-state index contributed by atoms with van der Waals surface area (Å²) in [6.07, 6.45) is 0.816. The van der Waals surface area contributed by atoms with Crippen LogP contribution in [0.5, 0.6) is 0 Å². The fraction of sp³-hybridized carbons (Fsp3) is 0.308. The number of rotatable bonds is 3. The molecule has 0 saturated carbocycles. The van der Waals surface area contributed by atoms with Crippen molar-refractivity contribution < 1.29 is 9.72 Å². The molecule has 2 aliphatic rings. The van der Waals surface area contributed by atoms with Gasteiger partial charge in [-0.3, -0.25) is 19.8 Å². The first-order valence-corrected chi connectivity index (χ1v) is 11.3. The molecule has 2 aromatic carbocycles. The largest absolute Gasteiger partial charge is 0.384 e. The number of Topliss-reactive ketones (excluding diaryl/α,β-unsaturated/α-hetero) is 1. The van der Waals surface area contributed by atoms with Crippen molar-refractivity contribution in [2.24, 2.45) is 11.1 Å². The molecule has 0 radical (unpaired) electrons. The summed E-state index contributed by atoms with van der Waals surface area (Å²) in [5.74, 6) is -0.555. The van der Waals surface area contributed by atoms with Gasteiger partial charge in [0.15, 0.2) is 5.78 Å². The number of non-ortho nitro benzene ring substituents is 1. The summed E-state index contributed by atoms with van der Waals surface area (Å²) in [5.41, 5.74) is 10.6. The Morgan fingerprint density at radius 3 is 2.53 bits per heavy atom. The van der Waals surface area contributed by atoms with Crippen molar-refractivity contribution in [1.29, 1.82) is 5.26 Å². The summed E-state index contributed by atoms with van der Waals surface area (Å²) < 4.78 is 0. The number of nitro groups is 1. The minimum atomic E-state index is -0.613. The number of carbonyl (C=O) groups excluding carboxylic acids is 1. The number of nitriles is 1. The number of benzene rings is 2. The van der Waals surface area contributed by atoms with Gasteiger partial charge < -0.3 is 5.73 Å². The van der Waals surface area contributed by atoms with Gasteiger partial charge in [-0.2, -0.15) is 5.26 Å². The third-order valence-corrected chi connectivity index (χ3v) is 6.82. The number of hydrogen-bond donors (Lipinski definition) is 1. The summed E-state index contributed by atoms with van der Waals surface area (Å²) in [6, 6.07) is 12.2. The van der Waals surface area contributed by atoms with E-state index >= 15 is 0 Å². The lowest BCUT2D eigenvalue weighted by molar-refractivity contribution is -0.384. The average Bonchev–Trinajstić information content (AvgIpc) is 2.73. The highest BCUT2D eigenvalue weighted by atomic mass is 35.5. The van der Waals surface area contributed by atoms with Gasteiger partial charge in [0.1, 0.15) is 5.82 Å². The third-order valence-electron chi connectivity index (χ3n) is 6.50. The number of nitrogens with zero attached hydrogens (tertiary/aromatic N) is 3. The molecule has 0 spiro atoms. The molecule has 1 atom stereocenters. The molecule has 0 amide bonds. The molecule has 8 heteroatoms. The first-order valence-electron chi connectivity index (χ1n) is 10.9. The lowest BCUT2D eigenvalue weighted by Crippen LogP contribution is -2.42. The van der Waals surface area contributed by atoms with Crippen LogP contribution in [-0.4, -0.2) is 10.7 Å². The molecule has 34 heavy (non-hydrogen) atoms. The first-order chi connectivity index (χ1) is 15.9. The van der Waals surface area contributed by atoms with E-state index in [9.17, 15) is 20.2 Å². The van der Waals surface area contributed by atoms with Crippen molar-refractivity contribution in [2.45, 2.75) is 46.5 Å². The van der Waals surface area contributed by atoms with Crippen LogP contribution >= 0.6 is 11.6 Å². The molecule has 0 bridgehead atoms. The Morgan fingerprint density at radius 1 is 1.21 bits per heavy atom. The molecule has 1 aliphatic heterocycles. The number of hydrogen-bond acceptors (Lipinski definition) is 6. The normalized spacial score (nSPS) is 19.7. The van der Waals surface area contributed by atoms with Gasteiger partial charge in [-0.05, 0) is 42.9 Å². The highest BCUT2D eigenvalue weighted by molar-refractivity contribution is 6.33. The predicted molar refractivity (Wildman–Crippen MR) is 131 cm³/mol. The van der Waals surface area contributed by atoms with Crippen LogP contribution in [0, 0.1) is 40.7 Å². The van der Waals surface area contributed by atoms with Crippen LogP contribution in [0.3, 0.4) is 0 Å². The molecular weight excluding hydrogens is 452 g/mol. The number of nitrogens with two attached hydrogens (primary N) is 1. The minimum Gasteiger partial charge on any atom is -0.384 e. The number of ketones is 1. The second kappa shape index (κ2) is 8.30. The zero-order valence-electron chi connectivity index (χ0n) is 19.5. The molecule has 0 saturated heterocycles. The van der Waals surface area contributed by atoms with E-state index in [1.807, 2.05) is 45.9 Å². The number of anilines is 1. The van der Waals surface area contributed by atoms with E-state index in [2.05, 4.69) is 6.07 Å². The lowest BCUT2D eigenvalue weighted by atomic mass is 9.68. The van der Waals surface area contributed by atoms with Crippen LogP contribution in [0.2, 0.25) is 5.02 Å². The minimum absolute atomic E-state index is 0.0666. The van der Waals surface area contributed by atoms with Crippen molar-refractivity contribution in [3.8, 4) is 6.07 Å². The summed E-state index contributed by atoms with van der Waals surface area (Å²) >= 11 is 6.49. The van der Waals surface area contributed by atoms with E-state index in [0.717, 1.165) is 16.7 Å². The smallest absolute Gasteiger partial charge is 0.271 e. The number of carbonyl (C=O) groups is 1. The maximum atomic E-state index is 13.6. The standard InChI is InChI=1S/C26H25ClN4O3/c1-14-5-7-17(15(2)9-14)23-18(13-28)25(29)30(20-10-16(31(33)34)6-8-19(20)27)21-11-26(3,4)12-22(32)24(21)23/h5-10,23H,11-12,29H2,1-4H3. The Morgan fingerprint density at radius 2 is 1.91 bits per heavy atom. The van der Waals surface area contributed by atoms with Crippen LogP contribution in [0.4, 0.5) is 11.4 Å². The summed E-state index contributed by atoms with van der Waals surface area (Å²) in [6.45, 7) is 7.92. The molecule has 1 heterocycles. The van der Waals surface area contributed by atoms with E-state index in [-0.39, 0.29) is 39.0 Å². The van der Waals surface area contributed by atoms with Gasteiger partial charge in [-0.15, -0.1) is 0 Å². The quantitative estimate of drug-likeness (QED) is 0.442. The van der Waals surface area contributed by atoms with E-state index in [0.29, 0.717) is 24.1 Å². The van der Waals surface area contributed by atoms with Gasteiger partial charge >= 0.3 is 0 Å². The molecule has 7 nitrogen and oxygen atoms in total. The Bertz CT molecular complexity index is 1350. The van der Waals surface area contributed by atoms with Gasteiger partial charge in [-0.1, -0.05) is 49.2 Å². The Balaban J connectivity index is 2.06. The van der Waals surface area contributed by atoms with E-state index < -0.39 is 10.8 Å². The van der Waals surface area contributed by atoms with Gasteiger partial charge in [-0.25, -0.2) is 0 Å². The number of halogens is 1. The van der Waals surface area contributed by atoms with Crippen molar-refractivity contribution in [1.82, 2.24) is 0 Å². The number of aryl methyl sites for hydroxylation is 2. The fourth-order valence-corrected chi connectivity index (χ4v) is 5.23. The zero-order valence-corrected chi connectivity index (χ0v) is 20.2. The van der Waals surface area contributed by atoms with Crippen molar-refractivity contribution in [3.63, 3.8) is 0 Å². The number of allylic oxidation sites excluding steroid dienone is 3. The Labute approximate surface area is 203 Å². The van der Waals surface area contributed by atoms with Crippen LogP contribution in [0.15, 0.2) is 59.1 Å². The van der Waals surface area contributed by atoms with Crippen LogP contribution in [0.25, 0.3) is 0 Å². The van der Waals surface area contributed by atoms with Crippen molar-refractivity contribution >= 4 is 28.8 Å². The summed E-state index contributed by atoms with van der Waals surface area (Å²) in [5, 5.41) is 21.9. The predicted octanol–water partition coefficient (Wildman–Crippen LogP) is 5.81.